The molecule has 0 radical (unpaired) electrons. The van der Waals surface area contributed by atoms with Crippen LogP contribution in [0.3, 0.4) is 0 Å². The summed E-state index contributed by atoms with van der Waals surface area (Å²) in [6.45, 7) is 0.236. The predicted molar refractivity (Wildman–Crippen MR) is 67.9 cm³/mol. The fourth-order valence-electron chi connectivity index (χ4n) is 1.49. The van der Waals surface area contributed by atoms with E-state index in [9.17, 15) is 18.0 Å². The van der Waals surface area contributed by atoms with Gasteiger partial charge in [0.05, 0.1) is 24.2 Å². The molecule has 0 aliphatic heterocycles. The molecular formula is C13H14F3N3O. The Morgan fingerprint density at radius 2 is 1.95 bits per heavy atom. The maximum Gasteiger partial charge on any atom is 0.401 e. The van der Waals surface area contributed by atoms with Crippen molar-refractivity contribution in [1.82, 2.24) is 4.90 Å². The highest BCUT2D eigenvalue weighted by atomic mass is 19.4. The molecule has 1 N–H and O–H groups in total. The third kappa shape index (κ3) is 4.90. The van der Waals surface area contributed by atoms with Gasteiger partial charge in [0.2, 0.25) is 5.91 Å². The van der Waals surface area contributed by atoms with E-state index in [4.69, 9.17) is 5.26 Å². The zero-order chi connectivity index (χ0) is 15.3. The maximum atomic E-state index is 12.2. The summed E-state index contributed by atoms with van der Waals surface area (Å²) >= 11 is 0. The first-order chi connectivity index (χ1) is 9.23. The van der Waals surface area contributed by atoms with Crippen molar-refractivity contribution in [2.24, 2.45) is 0 Å². The van der Waals surface area contributed by atoms with Crippen LogP contribution >= 0.6 is 0 Å². The van der Waals surface area contributed by atoms with Gasteiger partial charge in [0.25, 0.3) is 0 Å². The molecule has 20 heavy (non-hydrogen) atoms. The van der Waals surface area contributed by atoms with E-state index in [1.807, 2.05) is 6.07 Å². The number of benzene rings is 1. The summed E-state index contributed by atoms with van der Waals surface area (Å²) in [5, 5.41) is 11.1. The minimum absolute atomic E-state index is 0.432. The van der Waals surface area contributed by atoms with E-state index < -0.39 is 24.7 Å². The molecule has 0 bridgehead atoms. The molecule has 0 saturated carbocycles. The summed E-state index contributed by atoms with van der Waals surface area (Å²) in [5.41, 5.74) is 0.867. The Morgan fingerprint density at radius 1 is 1.40 bits per heavy atom. The van der Waals surface area contributed by atoms with Crippen molar-refractivity contribution in [3.05, 3.63) is 29.8 Å². The van der Waals surface area contributed by atoms with Gasteiger partial charge >= 0.3 is 6.18 Å². The smallest absolute Gasteiger partial charge is 0.325 e. The average Bonchev–Trinajstić information content (AvgIpc) is 2.36. The number of alkyl halides is 3. The Hall–Kier alpha value is -2.07. The number of amides is 1. The second kappa shape index (κ2) is 6.39. The molecule has 4 nitrogen and oxygen atoms in total. The van der Waals surface area contributed by atoms with Gasteiger partial charge in [0, 0.05) is 5.69 Å². The summed E-state index contributed by atoms with van der Waals surface area (Å²) in [6, 6.07) is 7.07. The molecule has 108 valence electrons. The van der Waals surface area contributed by atoms with Crippen LogP contribution in [-0.4, -0.2) is 36.6 Å². The molecule has 0 spiro atoms. The zero-order valence-corrected chi connectivity index (χ0v) is 11.0. The van der Waals surface area contributed by atoms with Crippen LogP contribution in [0, 0.1) is 11.3 Å². The number of nitrogens with one attached hydrogen (secondary N) is 1. The van der Waals surface area contributed by atoms with E-state index >= 15 is 0 Å². The number of hydrogen-bond acceptors (Lipinski definition) is 3. The van der Waals surface area contributed by atoms with E-state index in [0.29, 0.717) is 11.3 Å². The van der Waals surface area contributed by atoms with Crippen LogP contribution in [0.2, 0.25) is 0 Å². The highest BCUT2D eigenvalue weighted by Crippen LogP contribution is 2.17. The molecule has 0 fully saturated rings. The summed E-state index contributed by atoms with van der Waals surface area (Å²) in [4.78, 5) is 12.7. The Labute approximate surface area is 114 Å². The lowest BCUT2D eigenvalue weighted by molar-refractivity contribution is -0.149. The summed E-state index contributed by atoms with van der Waals surface area (Å²) in [5.74, 6) is -0.540. The van der Waals surface area contributed by atoms with Crippen molar-refractivity contribution in [3.8, 4) is 6.07 Å². The first-order valence-corrected chi connectivity index (χ1v) is 5.81. The minimum atomic E-state index is -4.35. The summed E-state index contributed by atoms with van der Waals surface area (Å²) < 4.78 is 36.7. The van der Waals surface area contributed by atoms with Crippen LogP contribution in [0.25, 0.3) is 0 Å². The lowest BCUT2D eigenvalue weighted by atomic mass is 10.2. The van der Waals surface area contributed by atoms with Crippen molar-refractivity contribution in [3.63, 3.8) is 0 Å². The monoisotopic (exact) mass is 285 g/mol. The highest BCUT2D eigenvalue weighted by Gasteiger charge is 2.32. The Balaban J connectivity index is 2.63. The van der Waals surface area contributed by atoms with E-state index in [-0.39, 0.29) is 0 Å². The fourth-order valence-corrected chi connectivity index (χ4v) is 1.49. The Bertz CT molecular complexity index is 505. The Morgan fingerprint density at radius 3 is 2.40 bits per heavy atom. The molecule has 0 aromatic heterocycles. The number of carbonyl (C=O) groups is 1. The summed E-state index contributed by atoms with van der Waals surface area (Å²) in [7, 11) is 1.23. The first-order valence-electron chi connectivity index (χ1n) is 5.81. The molecular weight excluding hydrogens is 271 g/mol. The van der Waals surface area contributed by atoms with Gasteiger partial charge in [-0.3, -0.25) is 9.69 Å². The normalized spacial score (nSPS) is 12.8. The standard InChI is InChI=1S/C13H14F3N3O/c1-9(19(2)8-13(14,15)16)12(20)18-11-5-3-10(7-17)4-6-11/h3-6,9H,8H2,1-2H3,(H,18,20). The van der Waals surface area contributed by atoms with Gasteiger partial charge in [0.1, 0.15) is 0 Å². The third-order valence-corrected chi connectivity index (χ3v) is 2.75. The van der Waals surface area contributed by atoms with Crippen LogP contribution in [-0.2, 0) is 4.79 Å². The number of nitriles is 1. The van der Waals surface area contributed by atoms with Gasteiger partial charge in [-0.1, -0.05) is 0 Å². The van der Waals surface area contributed by atoms with Gasteiger partial charge in [-0.2, -0.15) is 18.4 Å². The number of rotatable bonds is 4. The molecule has 1 unspecified atom stereocenters. The minimum Gasteiger partial charge on any atom is -0.325 e. The lowest BCUT2D eigenvalue weighted by Crippen LogP contribution is -2.44. The van der Waals surface area contributed by atoms with Gasteiger partial charge < -0.3 is 5.32 Å². The lowest BCUT2D eigenvalue weighted by Gasteiger charge is -2.24. The second-order valence-electron chi connectivity index (χ2n) is 4.38. The van der Waals surface area contributed by atoms with Crippen LogP contribution in [0.15, 0.2) is 24.3 Å². The van der Waals surface area contributed by atoms with Gasteiger partial charge in [-0.05, 0) is 38.2 Å². The van der Waals surface area contributed by atoms with Crippen molar-refractivity contribution >= 4 is 11.6 Å². The first kappa shape index (κ1) is 16.0. The van der Waals surface area contributed by atoms with Gasteiger partial charge in [-0.25, -0.2) is 0 Å². The van der Waals surface area contributed by atoms with Crippen molar-refractivity contribution in [1.29, 1.82) is 5.26 Å². The van der Waals surface area contributed by atoms with Crippen LogP contribution < -0.4 is 5.32 Å². The number of hydrogen-bond donors (Lipinski definition) is 1. The maximum absolute atomic E-state index is 12.2. The number of nitrogens with zero attached hydrogens (tertiary/aromatic N) is 2. The van der Waals surface area contributed by atoms with Gasteiger partial charge in [-0.15, -0.1) is 0 Å². The molecule has 1 aromatic carbocycles. The van der Waals surface area contributed by atoms with E-state index in [0.717, 1.165) is 4.90 Å². The molecule has 7 heteroatoms. The van der Waals surface area contributed by atoms with Gasteiger partial charge in [0.15, 0.2) is 0 Å². The fraction of sp³-hybridized carbons (Fsp3) is 0.385. The number of carbonyl (C=O) groups excluding carboxylic acids is 1. The van der Waals surface area contributed by atoms with Crippen LogP contribution in [0.1, 0.15) is 12.5 Å². The van der Waals surface area contributed by atoms with Crippen molar-refractivity contribution in [2.75, 3.05) is 18.9 Å². The third-order valence-electron chi connectivity index (χ3n) is 2.75. The van der Waals surface area contributed by atoms with E-state index in [2.05, 4.69) is 5.32 Å². The quantitative estimate of drug-likeness (QED) is 0.924. The van der Waals surface area contributed by atoms with Crippen molar-refractivity contribution < 1.29 is 18.0 Å². The summed E-state index contributed by atoms with van der Waals surface area (Å²) in [6.07, 6.45) is -4.35. The molecule has 1 amide bonds. The Kier molecular flexibility index (Phi) is 5.11. The SMILES string of the molecule is CC(C(=O)Nc1ccc(C#N)cc1)N(C)CC(F)(F)F. The van der Waals surface area contributed by atoms with Crippen LogP contribution in [0.5, 0.6) is 0 Å². The van der Waals surface area contributed by atoms with E-state index in [1.165, 1.54) is 38.2 Å². The molecule has 0 heterocycles. The largest absolute Gasteiger partial charge is 0.401 e. The number of anilines is 1. The molecule has 1 atom stereocenters. The number of likely N-dealkylation sites (N-methyl/N-ethyl adjacent to an activating group) is 1. The molecule has 0 aliphatic rings. The molecule has 1 rings (SSSR count). The molecule has 0 aliphatic carbocycles. The number of halogens is 3. The molecule has 1 aromatic rings. The zero-order valence-electron chi connectivity index (χ0n) is 11.0. The second-order valence-corrected chi connectivity index (χ2v) is 4.38. The average molecular weight is 285 g/mol. The highest BCUT2D eigenvalue weighted by molar-refractivity contribution is 5.94. The topological polar surface area (TPSA) is 56.1 Å². The predicted octanol–water partition coefficient (Wildman–Crippen LogP) is 2.38. The van der Waals surface area contributed by atoms with Crippen molar-refractivity contribution in [2.45, 2.75) is 19.1 Å². The molecule has 0 saturated heterocycles. The van der Waals surface area contributed by atoms with E-state index in [1.54, 1.807) is 0 Å². The van der Waals surface area contributed by atoms with Crippen LogP contribution in [0.4, 0.5) is 18.9 Å².